The Morgan fingerprint density at radius 2 is 2.00 bits per heavy atom. The molecule has 154 valence electrons. The number of ether oxygens (including phenoxy) is 2. The van der Waals surface area contributed by atoms with Gasteiger partial charge in [0.1, 0.15) is 17.3 Å². The van der Waals surface area contributed by atoms with Gasteiger partial charge < -0.3 is 19.2 Å². The number of carbonyl (C=O) groups excluding carboxylic acids is 1. The third-order valence-corrected chi connectivity index (χ3v) is 5.09. The van der Waals surface area contributed by atoms with E-state index in [1.807, 2.05) is 38.1 Å². The number of carbonyl (C=O) groups is 1. The summed E-state index contributed by atoms with van der Waals surface area (Å²) >= 11 is 0. The van der Waals surface area contributed by atoms with Crippen LogP contribution in [-0.2, 0) is 26.1 Å². The summed E-state index contributed by atoms with van der Waals surface area (Å²) in [4.78, 5) is 16.3. The van der Waals surface area contributed by atoms with Crippen molar-refractivity contribution in [1.29, 1.82) is 0 Å². The first-order valence-electron chi connectivity index (χ1n) is 9.23. The summed E-state index contributed by atoms with van der Waals surface area (Å²) in [5, 5.41) is 2.76. The fourth-order valence-corrected chi connectivity index (χ4v) is 3.51. The van der Waals surface area contributed by atoms with Gasteiger partial charge >= 0.3 is 0 Å². The van der Waals surface area contributed by atoms with Gasteiger partial charge in [0, 0.05) is 29.5 Å². The normalized spacial score (nSPS) is 12.2. The molecule has 1 amide bonds. The molecule has 0 aliphatic carbocycles. The van der Waals surface area contributed by atoms with E-state index in [9.17, 15) is 9.00 Å². The smallest absolute Gasteiger partial charge is 0.232 e. The third-order valence-electron chi connectivity index (χ3n) is 3.91. The van der Waals surface area contributed by atoms with E-state index >= 15 is 0 Å². The van der Waals surface area contributed by atoms with Crippen LogP contribution in [0.4, 0.5) is 0 Å². The number of nitrogens with one attached hydrogen (secondary N) is 1. The van der Waals surface area contributed by atoms with E-state index < -0.39 is 10.8 Å². The molecule has 0 spiro atoms. The van der Waals surface area contributed by atoms with Gasteiger partial charge in [0.2, 0.25) is 11.8 Å². The van der Waals surface area contributed by atoms with Crippen molar-refractivity contribution in [3.05, 3.63) is 35.7 Å². The first-order valence-corrected chi connectivity index (χ1v) is 10.7. The summed E-state index contributed by atoms with van der Waals surface area (Å²) in [6, 6.07) is 7.34. The fraction of sp³-hybridized carbons (Fsp3) is 0.500. The lowest BCUT2D eigenvalue weighted by molar-refractivity contribution is -0.118. The lowest BCUT2D eigenvalue weighted by Gasteiger charge is -2.08. The Labute approximate surface area is 168 Å². The van der Waals surface area contributed by atoms with Crippen molar-refractivity contribution in [1.82, 2.24) is 10.3 Å². The van der Waals surface area contributed by atoms with Gasteiger partial charge in [-0.2, -0.15) is 0 Å². The van der Waals surface area contributed by atoms with Crippen molar-refractivity contribution in [2.24, 2.45) is 0 Å². The van der Waals surface area contributed by atoms with Crippen molar-refractivity contribution < 1.29 is 22.9 Å². The summed E-state index contributed by atoms with van der Waals surface area (Å²) in [5.41, 5.74) is 1.41. The average molecular weight is 409 g/mol. The minimum atomic E-state index is -1.36. The Balaban J connectivity index is 1.83. The Bertz CT molecular complexity index is 786. The second kappa shape index (κ2) is 11.0. The van der Waals surface area contributed by atoms with E-state index in [2.05, 4.69) is 10.3 Å². The number of methoxy groups -OCH3 is 1. The second-order valence-electron chi connectivity index (χ2n) is 6.60. The molecule has 0 aliphatic heterocycles. The van der Waals surface area contributed by atoms with Crippen LogP contribution in [0.15, 0.2) is 28.7 Å². The van der Waals surface area contributed by atoms with Crippen LogP contribution in [-0.4, -0.2) is 47.2 Å². The van der Waals surface area contributed by atoms with E-state index in [1.54, 1.807) is 14.0 Å². The zero-order chi connectivity index (χ0) is 20.5. The molecule has 2 aromatic rings. The maximum absolute atomic E-state index is 12.3. The molecule has 1 aromatic carbocycles. The highest BCUT2D eigenvalue weighted by Crippen LogP contribution is 2.24. The summed E-state index contributed by atoms with van der Waals surface area (Å²) in [7, 11) is 0.245. The summed E-state index contributed by atoms with van der Waals surface area (Å²) < 4.78 is 28.6. The molecule has 0 saturated carbocycles. The molecule has 2 rings (SSSR count). The number of aryl methyl sites for hydroxylation is 1. The highest BCUT2D eigenvalue weighted by molar-refractivity contribution is 7.84. The SMILES string of the molecule is COc1ccc(-c2nc(C[S@@](=O)CC(=O)NCCCOC(C)C)c(C)o2)cc1. The first kappa shape index (κ1) is 22.1. The summed E-state index contributed by atoms with van der Waals surface area (Å²) in [6.07, 6.45) is 0.904. The predicted octanol–water partition coefficient (Wildman–Crippen LogP) is 2.84. The lowest BCUT2D eigenvalue weighted by Crippen LogP contribution is -2.30. The van der Waals surface area contributed by atoms with Crippen molar-refractivity contribution in [2.45, 2.75) is 39.0 Å². The zero-order valence-corrected chi connectivity index (χ0v) is 17.6. The van der Waals surface area contributed by atoms with Gasteiger partial charge in [-0.25, -0.2) is 4.98 Å². The number of oxazole rings is 1. The highest BCUT2D eigenvalue weighted by Gasteiger charge is 2.16. The van der Waals surface area contributed by atoms with E-state index in [1.165, 1.54) is 0 Å². The number of aromatic nitrogens is 1. The van der Waals surface area contributed by atoms with Crippen LogP contribution in [0.1, 0.15) is 31.7 Å². The predicted molar refractivity (Wildman–Crippen MR) is 109 cm³/mol. The van der Waals surface area contributed by atoms with E-state index in [0.29, 0.717) is 30.5 Å². The van der Waals surface area contributed by atoms with Gasteiger partial charge in [-0.3, -0.25) is 9.00 Å². The maximum atomic E-state index is 12.3. The zero-order valence-electron chi connectivity index (χ0n) is 16.8. The van der Waals surface area contributed by atoms with Crippen molar-refractivity contribution in [3.8, 4) is 17.2 Å². The van der Waals surface area contributed by atoms with E-state index in [4.69, 9.17) is 13.9 Å². The molecule has 1 atom stereocenters. The fourth-order valence-electron chi connectivity index (χ4n) is 2.44. The number of hydrogen-bond acceptors (Lipinski definition) is 6. The van der Waals surface area contributed by atoms with Crippen LogP contribution in [0.5, 0.6) is 5.75 Å². The van der Waals surface area contributed by atoms with Crippen molar-refractivity contribution in [3.63, 3.8) is 0 Å². The van der Waals surface area contributed by atoms with Crippen molar-refractivity contribution in [2.75, 3.05) is 26.0 Å². The Morgan fingerprint density at radius 1 is 1.29 bits per heavy atom. The van der Waals surface area contributed by atoms with E-state index in [-0.39, 0.29) is 23.5 Å². The molecular weight excluding hydrogens is 380 g/mol. The Hall–Kier alpha value is -2.19. The molecule has 0 saturated heterocycles. The van der Waals surface area contributed by atoms with E-state index in [0.717, 1.165) is 17.7 Å². The molecule has 1 heterocycles. The molecule has 0 aliphatic rings. The molecule has 0 unspecified atom stereocenters. The Kier molecular flexibility index (Phi) is 8.66. The highest BCUT2D eigenvalue weighted by atomic mass is 32.2. The van der Waals surface area contributed by atoms with Crippen LogP contribution in [0.2, 0.25) is 0 Å². The van der Waals surface area contributed by atoms with Crippen LogP contribution in [0.25, 0.3) is 11.5 Å². The molecule has 1 aromatic heterocycles. The Morgan fingerprint density at radius 3 is 2.64 bits per heavy atom. The second-order valence-corrected chi connectivity index (χ2v) is 8.06. The third kappa shape index (κ3) is 7.09. The lowest BCUT2D eigenvalue weighted by atomic mass is 10.2. The van der Waals surface area contributed by atoms with Gasteiger partial charge in [-0.1, -0.05) is 0 Å². The number of rotatable bonds is 11. The average Bonchev–Trinajstić information content (AvgIpc) is 3.01. The van der Waals surface area contributed by atoms with Crippen LogP contribution in [0, 0.1) is 6.92 Å². The quantitative estimate of drug-likeness (QED) is 0.575. The number of benzene rings is 1. The molecule has 0 bridgehead atoms. The monoisotopic (exact) mass is 408 g/mol. The maximum Gasteiger partial charge on any atom is 0.232 e. The number of nitrogens with zero attached hydrogens (tertiary/aromatic N) is 1. The largest absolute Gasteiger partial charge is 0.497 e. The minimum absolute atomic E-state index is 0.0603. The number of hydrogen-bond donors (Lipinski definition) is 1. The molecule has 0 fully saturated rings. The molecule has 0 radical (unpaired) electrons. The molecule has 1 N–H and O–H groups in total. The van der Waals surface area contributed by atoms with Gasteiger partial charge in [-0.15, -0.1) is 0 Å². The summed E-state index contributed by atoms with van der Waals surface area (Å²) in [6.45, 7) is 6.81. The minimum Gasteiger partial charge on any atom is -0.497 e. The van der Waals surface area contributed by atoms with Gasteiger partial charge in [0.15, 0.2) is 0 Å². The standard InChI is InChI=1S/C20H28N2O5S/c1-14(2)26-11-5-10-21-19(23)13-28(24)12-18-15(3)27-20(22-18)16-6-8-17(25-4)9-7-16/h6-9,14H,5,10-13H2,1-4H3,(H,21,23)/t28-/m1/s1. The molecule has 7 nitrogen and oxygen atoms in total. The van der Waals surface area contributed by atoms with Crippen LogP contribution < -0.4 is 10.1 Å². The summed E-state index contributed by atoms with van der Waals surface area (Å²) in [5.74, 6) is 1.69. The first-order chi connectivity index (χ1) is 13.4. The van der Waals surface area contributed by atoms with Crippen molar-refractivity contribution >= 4 is 16.7 Å². The van der Waals surface area contributed by atoms with Crippen LogP contribution in [0.3, 0.4) is 0 Å². The molecule has 28 heavy (non-hydrogen) atoms. The molecule has 8 heteroatoms. The van der Waals surface area contributed by atoms with Gasteiger partial charge in [0.05, 0.1) is 24.7 Å². The van der Waals surface area contributed by atoms with Crippen LogP contribution >= 0.6 is 0 Å². The van der Waals surface area contributed by atoms with Gasteiger partial charge in [0.25, 0.3) is 0 Å². The number of amides is 1. The van der Waals surface area contributed by atoms with Gasteiger partial charge in [-0.05, 0) is 51.5 Å². The molecular formula is C20H28N2O5S. The topological polar surface area (TPSA) is 90.7 Å².